The number of ketones is 1. The third-order valence-electron chi connectivity index (χ3n) is 7.11. The first kappa shape index (κ1) is 32.2. The molecule has 1 N–H and O–H groups in total. The number of quaternary nitrogens is 1. The number of hydrogen-bond acceptors (Lipinski definition) is 8. The average Bonchev–Trinajstić information content (AvgIpc) is 3.28. The van der Waals surface area contributed by atoms with Crippen LogP contribution in [0.4, 0.5) is 24.8 Å². The zero-order chi connectivity index (χ0) is 32.4. The van der Waals surface area contributed by atoms with Crippen LogP contribution in [0.25, 0.3) is 0 Å². The van der Waals surface area contributed by atoms with Crippen LogP contribution in [0.15, 0.2) is 64.6 Å². The van der Waals surface area contributed by atoms with E-state index in [1.807, 2.05) is 27.2 Å². The van der Waals surface area contributed by atoms with Crippen LogP contribution < -0.4 is 15.9 Å². The molecule has 0 amide bonds. The van der Waals surface area contributed by atoms with Gasteiger partial charge in [0.15, 0.2) is 5.78 Å². The highest BCUT2D eigenvalue weighted by atomic mass is 19.4. The van der Waals surface area contributed by atoms with E-state index < -0.39 is 36.0 Å². The molecule has 14 heteroatoms. The molecule has 44 heavy (non-hydrogen) atoms. The van der Waals surface area contributed by atoms with Gasteiger partial charge in [0.25, 0.3) is 0 Å². The maximum absolute atomic E-state index is 13.9. The van der Waals surface area contributed by atoms with E-state index in [0.717, 1.165) is 35.0 Å². The SMILES string of the molecule is COC(=O)C1=C(C)N(c2cccc(C(F)(F)F)c2)c2nn(CC(=O)CNCC[N+](C)(C)C)c(=O)n2C1c1ccc(C#N)cc1. The number of Topliss-reactive ketones (excluding diaryl/α,β-unsaturated/α-hetero) is 1. The normalized spacial score (nSPS) is 15.2. The number of alkyl halides is 3. The first-order valence-corrected chi connectivity index (χ1v) is 13.6. The maximum atomic E-state index is 13.9. The summed E-state index contributed by atoms with van der Waals surface area (Å²) in [5.74, 6) is -1.27. The van der Waals surface area contributed by atoms with Gasteiger partial charge in [-0.2, -0.15) is 18.4 Å². The van der Waals surface area contributed by atoms with E-state index in [0.29, 0.717) is 22.2 Å². The number of allylic oxidation sites excluding steroid dienone is 1. The molecule has 1 unspecified atom stereocenters. The van der Waals surface area contributed by atoms with Gasteiger partial charge in [0.1, 0.15) is 12.6 Å². The zero-order valence-electron chi connectivity index (χ0n) is 25.0. The van der Waals surface area contributed by atoms with Crippen molar-refractivity contribution in [2.24, 2.45) is 0 Å². The van der Waals surface area contributed by atoms with Crippen molar-refractivity contribution in [3.8, 4) is 6.07 Å². The molecule has 0 saturated heterocycles. The van der Waals surface area contributed by atoms with Gasteiger partial charge in [-0.15, -0.1) is 5.10 Å². The second kappa shape index (κ2) is 12.5. The van der Waals surface area contributed by atoms with Crippen molar-refractivity contribution in [1.82, 2.24) is 19.7 Å². The van der Waals surface area contributed by atoms with Crippen LogP contribution >= 0.6 is 0 Å². The number of nitriles is 1. The lowest BCUT2D eigenvalue weighted by Gasteiger charge is -2.35. The summed E-state index contributed by atoms with van der Waals surface area (Å²) in [6.07, 6.45) is -4.66. The van der Waals surface area contributed by atoms with Gasteiger partial charge in [-0.1, -0.05) is 18.2 Å². The van der Waals surface area contributed by atoms with Crippen molar-refractivity contribution in [3.63, 3.8) is 0 Å². The molecule has 0 spiro atoms. The predicted octanol–water partition coefficient (Wildman–Crippen LogP) is 2.99. The molecule has 0 aliphatic carbocycles. The summed E-state index contributed by atoms with van der Waals surface area (Å²) in [4.78, 5) is 41.4. The number of aromatic nitrogens is 3. The number of likely N-dealkylation sites (N-methyl/N-ethyl adjacent to an activating group) is 1. The molecule has 0 bridgehead atoms. The number of nitrogens with zero attached hydrogens (tertiary/aromatic N) is 6. The smallest absolute Gasteiger partial charge is 0.416 e. The third-order valence-corrected chi connectivity index (χ3v) is 7.11. The first-order valence-electron chi connectivity index (χ1n) is 13.6. The van der Waals surface area contributed by atoms with E-state index in [4.69, 9.17) is 4.74 Å². The minimum absolute atomic E-state index is 0.0105. The van der Waals surface area contributed by atoms with E-state index in [1.165, 1.54) is 36.1 Å². The number of halogens is 3. The summed E-state index contributed by atoms with van der Waals surface area (Å²) in [6.45, 7) is 2.37. The summed E-state index contributed by atoms with van der Waals surface area (Å²) in [5.41, 5.74) is -0.824. The highest BCUT2D eigenvalue weighted by Crippen LogP contribution is 2.43. The van der Waals surface area contributed by atoms with Gasteiger partial charge < -0.3 is 14.5 Å². The second-order valence-electron chi connectivity index (χ2n) is 11.4. The van der Waals surface area contributed by atoms with Crippen LogP contribution in [0.1, 0.15) is 29.7 Å². The largest absolute Gasteiger partial charge is 0.466 e. The van der Waals surface area contributed by atoms with Crippen molar-refractivity contribution in [2.45, 2.75) is 25.7 Å². The van der Waals surface area contributed by atoms with E-state index >= 15 is 0 Å². The summed E-state index contributed by atoms with van der Waals surface area (Å²) < 4.78 is 48.9. The zero-order valence-corrected chi connectivity index (χ0v) is 25.0. The quantitative estimate of drug-likeness (QED) is 0.211. The molecule has 0 radical (unpaired) electrons. The Morgan fingerprint density at radius 3 is 2.41 bits per heavy atom. The third kappa shape index (κ3) is 6.74. The number of ether oxygens (including phenoxy) is 1. The maximum Gasteiger partial charge on any atom is 0.416 e. The highest BCUT2D eigenvalue weighted by molar-refractivity contribution is 5.93. The van der Waals surface area contributed by atoms with E-state index in [-0.39, 0.29) is 35.2 Å². The number of fused-ring (bicyclic) bond motifs is 1. The Morgan fingerprint density at radius 2 is 1.82 bits per heavy atom. The fraction of sp³-hybridized carbons (Fsp3) is 0.367. The van der Waals surface area contributed by atoms with E-state index in [1.54, 1.807) is 12.1 Å². The molecule has 1 aliphatic rings. The van der Waals surface area contributed by atoms with Crippen LogP contribution in [-0.2, 0) is 27.0 Å². The topological polar surface area (TPSA) is 122 Å². The van der Waals surface area contributed by atoms with Crippen LogP contribution in [-0.4, -0.2) is 78.5 Å². The lowest BCUT2D eigenvalue weighted by molar-refractivity contribution is -0.869. The average molecular weight is 613 g/mol. The molecule has 0 fully saturated rings. The number of hydrogen-bond donors (Lipinski definition) is 1. The molecule has 2 heterocycles. The van der Waals surface area contributed by atoms with E-state index in [9.17, 15) is 32.8 Å². The second-order valence-corrected chi connectivity index (χ2v) is 11.4. The molecule has 1 aromatic heterocycles. The molecular weight excluding hydrogens is 579 g/mol. The molecule has 3 aromatic rings. The summed E-state index contributed by atoms with van der Waals surface area (Å²) in [5, 5.41) is 16.7. The van der Waals surface area contributed by atoms with Crippen LogP contribution in [0, 0.1) is 11.3 Å². The molecule has 11 nitrogen and oxygen atoms in total. The van der Waals surface area contributed by atoms with Crippen LogP contribution in [0.2, 0.25) is 0 Å². The Kier molecular flexibility index (Phi) is 9.12. The number of methoxy groups -OCH3 is 1. The molecule has 1 atom stereocenters. The van der Waals surface area contributed by atoms with Gasteiger partial charge in [-0.3, -0.25) is 9.69 Å². The number of carbonyl (C=O) groups is 2. The number of esters is 1. The Balaban J connectivity index is 1.87. The summed E-state index contributed by atoms with van der Waals surface area (Å²) in [7, 11) is 7.19. The van der Waals surface area contributed by atoms with Gasteiger partial charge in [0, 0.05) is 17.9 Å². The molecule has 232 valence electrons. The van der Waals surface area contributed by atoms with Gasteiger partial charge in [-0.05, 0) is 42.8 Å². The number of rotatable bonds is 10. The van der Waals surface area contributed by atoms with Crippen molar-refractivity contribution < 1.29 is 32.0 Å². The molecule has 4 rings (SSSR count). The Morgan fingerprint density at radius 1 is 1.14 bits per heavy atom. The lowest BCUT2D eigenvalue weighted by atomic mass is 9.93. The monoisotopic (exact) mass is 612 g/mol. The highest BCUT2D eigenvalue weighted by Gasteiger charge is 2.41. The number of carbonyl (C=O) groups excluding carboxylic acids is 2. The van der Waals surface area contributed by atoms with E-state index in [2.05, 4.69) is 10.4 Å². The number of nitrogens with one attached hydrogen (secondary N) is 1. The first-order chi connectivity index (χ1) is 20.7. The number of anilines is 2. The van der Waals surface area contributed by atoms with Gasteiger partial charge >= 0.3 is 17.8 Å². The fourth-order valence-electron chi connectivity index (χ4n) is 4.91. The fourth-order valence-corrected chi connectivity index (χ4v) is 4.91. The van der Waals surface area contributed by atoms with Crippen LogP contribution in [0.3, 0.4) is 0 Å². The standard InChI is InChI=1S/C30H33F3N7O4/c1-19-25(27(42)44-5)26(21-11-9-20(16-34)10-12-21)39-28(38(19)23-8-6-7-22(15-23)30(31,32)33)36-37(29(39)43)18-24(41)17-35-13-14-40(2,3)4/h6-12,15,26,35H,13-14,17-18H2,1-5H3/q+1. The predicted molar refractivity (Wildman–Crippen MR) is 155 cm³/mol. The van der Waals surface area contributed by atoms with Crippen molar-refractivity contribution in [2.75, 3.05) is 52.8 Å². The van der Waals surface area contributed by atoms with Gasteiger partial charge in [-0.25, -0.2) is 18.8 Å². The Labute approximate surface area is 251 Å². The van der Waals surface area contributed by atoms with Gasteiger partial charge in [0.2, 0.25) is 5.95 Å². The molecular formula is C30H33F3N7O4+. The summed E-state index contributed by atoms with van der Waals surface area (Å²) >= 11 is 0. The molecule has 2 aromatic carbocycles. The summed E-state index contributed by atoms with van der Waals surface area (Å²) in [6, 6.07) is 11.4. The van der Waals surface area contributed by atoms with Crippen LogP contribution in [0.5, 0.6) is 0 Å². The Bertz CT molecular complexity index is 1690. The lowest BCUT2D eigenvalue weighted by Crippen LogP contribution is -2.42. The minimum Gasteiger partial charge on any atom is -0.466 e. The number of benzene rings is 2. The molecule has 1 aliphatic heterocycles. The van der Waals surface area contributed by atoms with Gasteiger partial charge in [0.05, 0.1) is 64.1 Å². The Hall–Kier alpha value is -4.74. The van der Waals surface area contributed by atoms with Crippen molar-refractivity contribution >= 4 is 23.4 Å². The van der Waals surface area contributed by atoms with Crippen molar-refractivity contribution in [1.29, 1.82) is 5.26 Å². The van der Waals surface area contributed by atoms with Crippen molar-refractivity contribution in [3.05, 3.63) is 87.0 Å². The minimum atomic E-state index is -4.66. The molecule has 0 saturated carbocycles.